The Morgan fingerprint density at radius 3 is 2.59 bits per heavy atom. The molecule has 0 amide bonds. The number of nitrogens with zero attached hydrogens (tertiary/aromatic N) is 2. The Labute approximate surface area is 158 Å². The van der Waals surface area contributed by atoms with Gasteiger partial charge >= 0.3 is 0 Å². The zero-order valence-corrected chi connectivity index (χ0v) is 16.0. The third kappa shape index (κ3) is 3.30. The molecule has 2 aromatic carbocycles. The van der Waals surface area contributed by atoms with Gasteiger partial charge in [0, 0.05) is 48.4 Å². The molecule has 140 valence electrons. The average molecular weight is 366 g/mol. The molecule has 4 rings (SSSR count). The molecule has 4 heteroatoms. The maximum Gasteiger partial charge on any atom is 0.133 e. The molecule has 0 atom stereocenters. The molecule has 0 saturated heterocycles. The monoisotopic (exact) mass is 366 g/mol. The number of allylic oxidation sites excluding steroid dienone is 1. The molecular weight excluding hydrogens is 342 g/mol. The van der Waals surface area contributed by atoms with Gasteiger partial charge in [0.2, 0.25) is 0 Å². The second-order valence-electron chi connectivity index (χ2n) is 7.56. The highest BCUT2D eigenvalue weighted by molar-refractivity contribution is 5.90. The zero-order chi connectivity index (χ0) is 19.1. The van der Waals surface area contributed by atoms with Gasteiger partial charge in [-0.3, -0.25) is 0 Å². The lowest BCUT2D eigenvalue weighted by molar-refractivity contribution is 0.351. The van der Waals surface area contributed by atoms with Gasteiger partial charge in [-0.1, -0.05) is 11.6 Å². The van der Waals surface area contributed by atoms with E-state index in [9.17, 15) is 8.78 Å². The summed E-state index contributed by atoms with van der Waals surface area (Å²) >= 11 is 0. The van der Waals surface area contributed by atoms with Crippen LogP contribution in [0.1, 0.15) is 29.3 Å². The van der Waals surface area contributed by atoms with Crippen LogP contribution in [0.25, 0.3) is 22.7 Å². The number of aromatic nitrogens is 1. The SMILES string of the molecule is CC(=Cn1c2c(c3cc(C)ccc31)CCN(C)CC2)c1ccc(F)cc1F. The first-order chi connectivity index (χ1) is 12.9. The smallest absolute Gasteiger partial charge is 0.133 e. The second-order valence-corrected chi connectivity index (χ2v) is 7.56. The number of halogens is 2. The number of benzene rings is 2. The fourth-order valence-electron chi connectivity index (χ4n) is 4.03. The van der Waals surface area contributed by atoms with Crippen molar-refractivity contribution in [2.45, 2.75) is 26.7 Å². The number of aryl methyl sites for hydroxylation is 1. The van der Waals surface area contributed by atoms with Gasteiger partial charge in [-0.15, -0.1) is 0 Å². The number of likely N-dealkylation sites (N-methyl/N-ethyl adjacent to an activating group) is 1. The summed E-state index contributed by atoms with van der Waals surface area (Å²) in [4.78, 5) is 2.35. The molecular formula is C23H24F2N2. The molecule has 0 saturated carbocycles. The summed E-state index contributed by atoms with van der Waals surface area (Å²) in [5.74, 6) is -1.08. The molecule has 3 aromatic rings. The van der Waals surface area contributed by atoms with E-state index in [-0.39, 0.29) is 0 Å². The maximum absolute atomic E-state index is 14.3. The average Bonchev–Trinajstić information content (AvgIpc) is 2.75. The molecule has 1 aliphatic rings. The molecule has 0 radical (unpaired) electrons. The lowest BCUT2D eigenvalue weighted by atomic mass is 10.1. The van der Waals surface area contributed by atoms with Crippen LogP contribution < -0.4 is 0 Å². The Kier molecular flexibility index (Phi) is 4.60. The van der Waals surface area contributed by atoms with E-state index >= 15 is 0 Å². The van der Waals surface area contributed by atoms with Crippen molar-refractivity contribution in [1.29, 1.82) is 0 Å². The third-order valence-corrected chi connectivity index (χ3v) is 5.53. The van der Waals surface area contributed by atoms with Gasteiger partial charge in [0.25, 0.3) is 0 Å². The van der Waals surface area contributed by atoms with Gasteiger partial charge in [-0.05, 0) is 62.7 Å². The Morgan fingerprint density at radius 2 is 1.81 bits per heavy atom. The highest BCUT2D eigenvalue weighted by Crippen LogP contribution is 2.32. The normalized spacial score (nSPS) is 15.8. The van der Waals surface area contributed by atoms with E-state index in [1.54, 1.807) is 0 Å². The van der Waals surface area contributed by atoms with Gasteiger partial charge in [0.1, 0.15) is 11.6 Å². The predicted molar refractivity (Wildman–Crippen MR) is 108 cm³/mol. The van der Waals surface area contributed by atoms with E-state index in [1.807, 2.05) is 13.1 Å². The van der Waals surface area contributed by atoms with Gasteiger partial charge < -0.3 is 9.47 Å². The van der Waals surface area contributed by atoms with E-state index in [2.05, 4.69) is 41.6 Å². The second kappa shape index (κ2) is 6.93. The van der Waals surface area contributed by atoms with Gasteiger partial charge in [-0.2, -0.15) is 0 Å². The summed E-state index contributed by atoms with van der Waals surface area (Å²) in [5.41, 5.74) is 6.29. The minimum Gasteiger partial charge on any atom is -0.320 e. The number of hydrogen-bond donors (Lipinski definition) is 0. The van der Waals surface area contributed by atoms with Crippen molar-refractivity contribution < 1.29 is 8.78 Å². The van der Waals surface area contributed by atoms with Gasteiger partial charge in [-0.25, -0.2) is 8.78 Å². The molecule has 0 bridgehead atoms. The fraction of sp³-hybridized carbons (Fsp3) is 0.304. The highest BCUT2D eigenvalue weighted by Gasteiger charge is 2.20. The largest absolute Gasteiger partial charge is 0.320 e. The fourth-order valence-corrected chi connectivity index (χ4v) is 4.03. The Hall–Kier alpha value is -2.46. The van der Waals surface area contributed by atoms with Crippen LogP contribution in [0.5, 0.6) is 0 Å². The van der Waals surface area contributed by atoms with E-state index in [4.69, 9.17) is 0 Å². The maximum atomic E-state index is 14.3. The van der Waals surface area contributed by atoms with Crippen molar-refractivity contribution in [2.24, 2.45) is 0 Å². The molecule has 2 heterocycles. The van der Waals surface area contributed by atoms with Gasteiger partial charge in [0.15, 0.2) is 0 Å². The van der Waals surface area contributed by atoms with Crippen molar-refractivity contribution in [3.63, 3.8) is 0 Å². The zero-order valence-electron chi connectivity index (χ0n) is 16.0. The standard InChI is InChI=1S/C23H24F2N2/c1-15-4-7-22-20(12-15)19-8-10-26(3)11-9-23(19)27(22)14-16(2)18-6-5-17(24)13-21(18)25/h4-7,12-14H,8-11H2,1-3H3. The predicted octanol–water partition coefficient (Wildman–Crippen LogP) is 5.28. The number of hydrogen-bond acceptors (Lipinski definition) is 1. The lowest BCUT2D eigenvalue weighted by Crippen LogP contribution is -2.21. The van der Waals surface area contributed by atoms with Crippen LogP contribution >= 0.6 is 0 Å². The van der Waals surface area contributed by atoms with Crippen molar-refractivity contribution in [1.82, 2.24) is 9.47 Å². The number of fused-ring (bicyclic) bond motifs is 3. The first-order valence-electron chi connectivity index (χ1n) is 9.38. The van der Waals surface area contributed by atoms with Crippen LogP contribution in [0.3, 0.4) is 0 Å². The molecule has 2 nitrogen and oxygen atoms in total. The minimum absolute atomic E-state index is 0.435. The highest BCUT2D eigenvalue weighted by atomic mass is 19.1. The first kappa shape index (κ1) is 17.9. The molecule has 0 spiro atoms. The van der Waals surface area contributed by atoms with Crippen molar-refractivity contribution in [3.05, 3.63) is 70.4 Å². The van der Waals surface area contributed by atoms with Crippen LogP contribution in [0.2, 0.25) is 0 Å². The minimum atomic E-state index is -0.553. The summed E-state index contributed by atoms with van der Waals surface area (Å²) in [7, 11) is 2.15. The molecule has 27 heavy (non-hydrogen) atoms. The third-order valence-electron chi connectivity index (χ3n) is 5.53. The summed E-state index contributed by atoms with van der Waals surface area (Å²) in [5, 5.41) is 1.28. The van der Waals surface area contributed by atoms with Crippen molar-refractivity contribution in [3.8, 4) is 0 Å². The Balaban J connectivity index is 1.90. The molecule has 1 aromatic heterocycles. The topological polar surface area (TPSA) is 8.17 Å². The van der Waals surface area contributed by atoms with Crippen LogP contribution in [-0.4, -0.2) is 29.6 Å². The molecule has 1 aliphatic heterocycles. The lowest BCUT2D eigenvalue weighted by Gasteiger charge is -2.13. The quantitative estimate of drug-likeness (QED) is 0.599. The van der Waals surface area contributed by atoms with Crippen LogP contribution in [-0.2, 0) is 12.8 Å². The van der Waals surface area contributed by atoms with Crippen LogP contribution in [0, 0.1) is 18.6 Å². The molecule has 0 fully saturated rings. The van der Waals surface area contributed by atoms with E-state index in [0.717, 1.165) is 43.1 Å². The summed E-state index contributed by atoms with van der Waals surface area (Å²) < 4.78 is 29.7. The van der Waals surface area contributed by atoms with Gasteiger partial charge in [0.05, 0.1) is 5.52 Å². The van der Waals surface area contributed by atoms with Crippen molar-refractivity contribution in [2.75, 3.05) is 20.1 Å². The molecule has 0 aliphatic carbocycles. The molecule has 0 N–H and O–H groups in total. The van der Waals surface area contributed by atoms with Crippen molar-refractivity contribution >= 4 is 22.7 Å². The van der Waals surface area contributed by atoms with Crippen LogP contribution in [0.15, 0.2) is 36.4 Å². The Morgan fingerprint density at radius 1 is 1.04 bits per heavy atom. The summed E-state index contributed by atoms with van der Waals surface area (Å²) in [6, 6.07) is 10.3. The first-order valence-corrected chi connectivity index (χ1v) is 9.38. The Bertz CT molecular complexity index is 1050. The van der Waals surface area contributed by atoms with E-state index in [1.165, 1.54) is 34.3 Å². The molecule has 0 unspecified atom stereocenters. The van der Waals surface area contributed by atoms with E-state index in [0.29, 0.717) is 5.56 Å². The number of rotatable bonds is 2. The van der Waals surface area contributed by atoms with Crippen LogP contribution in [0.4, 0.5) is 8.78 Å². The summed E-state index contributed by atoms with van der Waals surface area (Å²) in [6.07, 6.45) is 3.96. The van der Waals surface area contributed by atoms with E-state index < -0.39 is 11.6 Å². The summed E-state index contributed by atoms with van der Waals surface area (Å²) in [6.45, 7) is 6.03.